The number of nitrogens with zero attached hydrogens (tertiary/aromatic N) is 2. The molecule has 0 saturated carbocycles. The summed E-state index contributed by atoms with van der Waals surface area (Å²) in [7, 11) is 0. The summed E-state index contributed by atoms with van der Waals surface area (Å²) in [5.41, 5.74) is 0. The van der Waals surface area contributed by atoms with Crippen LogP contribution < -0.4 is 10.6 Å². The average Bonchev–Trinajstić information content (AvgIpc) is 2.42. The third-order valence-electron chi connectivity index (χ3n) is 4.61. The van der Waals surface area contributed by atoms with Gasteiger partial charge in [-0.05, 0) is 33.6 Å². The topological polar surface area (TPSA) is 47.6 Å². The van der Waals surface area contributed by atoms with Gasteiger partial charge in [0.25, 0.3) is 0 Å². The van der Waals surface area contributed by atoms with Crippen LogP contribution in [-0.2, 0) is 4.79 Å². The number of rotatable bonds is 4. The lowest BCUT2D eigenvalue weighted by atomic mass is 10.0. The molecule has 2 aliphatic rings. The Bertz CT molecular complexity index is 313. The van der Waals surface area contributed by atoms with E-state index < -0.39 is 0 Å². The standard InChI is InChI=1S/C15H30N4O/c1-12(2)18-7-4-14(5-8-18)17-15(20)11-19-9-6-16-10-13(19)3/h12-14,16H,4-11H2,1-3H3,(H,17,20)/t13-/m1/s1. The smallest absolute Gasteiger partial charge is 0.234 e. The maximum atomic E-state index is 12.2. The minimum Gasteiger partial charge on any atom is -0.352 e. The van der Waals surface area contributed by atoms with Crippen molar-refractivity contribution in [3.8, 4) is 0 Å². The fourth-order valence-corrected chi connectivity index (χ4v) is 3.14. The molecule has 0 unspecified atom stereocenters. The third kappa shape index (κ3) is 4.43. The molecule has 2 rings (SSSR count). The number of carbonyl (C=O) groups is 1. The van der Waals surface area contributed by atoms with Crippen molar-refractivity contribution in [2.24, 2.45) is 0 Å². The summed E-state index contributed by atoms with van der Waals surface area (Å²) in [5.74, 6) is 0.196. The molecule has 2 aliphatic heterocycles. The predicted octanol–water partition coefficient (Wildman–Crippen LogP) is 0.269. The molecule has 0 aromatic carbocycles. The Morgan fingerprint density at radius 2 is 2.00 bits per heavy atom. The lowest BCUT2D eigenvalue weighted by molar-refractivity contribution is -0.124. The van der Waals surface area contributed by atoms with Crippen LogP contribution in [0.2, 0.25) is 0 Å². The van der Waals surface area contributed by atoms with Gasteiger partial charge < -0.3 is 15.5 Å². The molecule has 0 radical (unpaired) electrons. The molecule has 1 amide bonds. The van der Waals surface area contributed by atoms with Crippen molar-refractivity contribution >= 4 is 5.91 Å². The first-order valence-electron chi connectivity index (χ1n) is 8.04. The second-order valence-corrected chi connectivity index (χ2v) is 6.50. The summed E-state index contributed by atoms with van der Waals surface area (Å²) < 4.78 is 0. The molecule has 2 N–H and O–H groups in total. The number of amides is 1. The van der Waals surface area contributed by atoms with Crippen LogP contribution in [0, 0.1) is 0 Å². The Kier molecular flexibility index (Phi) is 5.81. The summed E-state index contributed by atoms with van der Waals surface area (Å²) >= 11 is 0. The zero-order valence-corrected chi connectivity index (χ0v) is 13.2. The molecule has 2 heterocycles. The van der Waals surface area contributed by atoms with Crippen LogP contribution in [0.3, 0.4) is 0 Å². The van der Waals surface area contributed by atoms with Crippen molar-refractivity contribution in [1.29, 1.82) is 0 Å². The van der Waals surface area contributed by atoms with E-state index >= 15 is 0 Å². The molecule has 0 aromatic rings. The second kappa shape index (κ2) is 7.38. The van der Waals surface area contributed by atoms with E-state index in [0.29, 0.717) is 24.7 Å². The Balaban J connectivity index is 1.70. The number of nitrogens with one attached hydrogen (secondary N) is 2. The van der Waals surface area contributed by atoms with Crippen molar-refractivity contribution in [1.82, 2.24) is 20.4 Å². The molecule has 0 aromatic heterocycles. The van der Waals surface area contributed by atoms with E-state index in [1.165, 1.54) is 0 Å². The highest BCUT2D eigenvalue weighted by molar-refractivity contribution is 5.78. The first-order chi connectivity index (χ1) is 9.56. The average molecular weight is 282 g/mol. The van der Waals surface area contributed by atoms with Crippen LogP contribution >= 0.6 is 0 Å². The number of piperazine rings is 1. The first kappa shape index (κ1) is 15.7. The van der Waals surface area contributed by atoms with Gasteiger partial charge in [0.05, 0.1) is 6.54 Å². The number of carbonyl (C=O) groups excluding carboxylic acids is 1. The molecule has 5 heteroatoms. The lowest BCUT2D eigenvalue weighted by Gasteiger charge is -2.36. The largest absolute Gasteiger partial charge is 0.352 e. The van der Waals surface area contributed by atoms with Gasteiger partial charge in [-0.2, -0.15) is 0 Å². The zero-order chi connectivity index (χ0) is 14.5. The summed E-state index contributed by atoms with van der Waals surface area (Å²) in [5, 5.41) is 6.57. The normalized spacial score (nSPS) is 26.9. The van der Waals surface area contributed by atoms with Crippen LogP contribution in [0.25, 0.3) is 0 Å². The molecule has 5 nitrogen and oxygen atoms in total. The lowest BCUT2D eigenvalue weighted by Crippen LogP contribution is -2.54. The van der Waals surface area contributed by atoms with Crippen LogP contribution in [0.15, 0.2) is 0 Å². The van der Waals surface area contributed by atoms with Gasteiger partial charge in [0.15, 0.2) is 0 Å². The Morgan fingerprint density at radius 1 is 1.30 bits per heavy atom. The first-order valence-corrected chi connectivity index (χ1v) is 8.04. The van der Waals surface area contributed by atoms with Crippen LogP contribution in [0.1, 0.15) is 33.6 Å². The van der Waals surface area contributed by atoms with E-state index in [1.807, 2.05) is 0 Å². The molecule has 20 heavy (non-hydrogen) atoms. The molecule has 0 bridgehead atoms. The molecular weight excluding hydrogens is 252 g/mol. The Hall–Kier alpha value is -0.650. The molecule has 2 fully saturated rings. The Morgan fingerprint density at radius 3 is 2.60 bits per heavy atom. The van der Waals surface area contributed by atoms with Crippen molar-refractivity contribution in [3.63, 3.8) is 0 Å². The summed E-state index contributed by atoms with van der Waals surface area (Å²) in [6.45, 7) is 12.4. The number of hydrogen-bond donors (Lipinski definition) is 2. The highest BCUT2D eigenvalue weighted by Crippen LogP contribution is 2.13. The van der Waals surface area contributed by atoms with Gasteiger partial charge in [0, 0.05) is 50.8 Å². The summed E-state index contributed by atoms with van der Waals surface area (Å²) in [6, 6.07) is 1.45. The monoisotopic (exact) mass is 282 g/mol. The number of likely N-dealkylation sites (tertiary alicyclic amines) is 1. The second-order valence-electron chi connectivity index (χ2n) is 6.50. The quantitative estimate of drug-likeness (QED) is 0.777. The van der Waals surface area contributed by atoms with E-state index in [4.69, 9.17) is 0 Å². The minimum atomic E-state index is 0.196. The maximum absolute atomic E-state index is 12.2. The van der Waals surface area contributed by atoms with Gasteiger partial charge in [-0.15, -0.1) is 0 Å². The Labute approximate surface area is 123 Å². The maximum Gasteiger partial charge on any atom is 0.234 e. The fraction of sp³-hybridized carbons (Fsp3) is 0.933. The fourth-order valence-electron chi connectivity index (χ4n) is 3.14. The van der Waals surface area contributed by atoms with Crippen molar-refractivity contribution < 1.29 is 4.79 Å². The third-order valence-corrected chi connectivity index (χ3v) is 4.61. The highest BCUT2D eigenvalue weighted by Gasteiger charge is 2.24. The van der Waals surface area contributed by atoms with Gasteiger partial charge in [-0.25, -0.2) is 0 Å². The molecule has 2 saturated heterocycles. The van der Waals surface area contributed by atoms with Crippen molar-refractivity contribution in [3.05, 3.63) is 0 Å². The molecule has 0 aliphatic carbocycles. The van der Waals surface area contributed by atoms with E-state index in [0.717, 1.165) is 45.6 Å². The SMILES string of the molecule is CC(C)N1CCC(NC(=O)CN2CCNC[C@H]2C)CC1. The van der Waals surface area contributed by atoms with Gasteiger partial charge >= 0.3 is 0 Å². The van der Waals surface area contributed by atoms with Crippen molar-refractivity contribution in [2.45, 2.75) is 51.7 Å². The number of hydrogen-bond acceptors (Lipinski definition) is 4. The summed E-state index contributed by atoms with van der Waals surface area (Å²) in [4.78, 5) is 16.9. The van der Waals surface area contributed by atoms with Crippen LogP contribution in [0.4, 0.5) is 0 Å². The number of piperidine rings is 1. The van der Waals surface area contributed by atoms with E-state index in [1.54, 1.807) is 0 Å². The molecule has 1 atom stereocenters. The van der Waals surface area contributed by atoms with Gasteiger partial charge in [0.2, 0.25) is 5.91 Å². The van der Waals surface area contributed by atoms with E-state index in [2.05, 4.69) is 41.2 Å². The molecular formula is C15H30N4O. The molecule has 0 spiro atoms. The molecule has 116 valence electrons. The van der Waals surface area contributed by atoms with Crippen molar-refractivity contribution in [2.75, 3.05) is 39.3 Å². The van der Waals surface area contributed by atoms with E-state index in [9.17, 15) is 4.79 Å². The van der Waals surface area contributed by atoms with E-state index in [-0.39, 0.29) is 5.91 Å². The zero-order valence-electron chi connectivity index (χ0n) is 13.2. The van der Waals surface area contributed by atoms with Gasteiger partial charge in [-0.1, -0.05) is 0 Å². The van der Waals surface area contributed by atoms with Crippen LogP contribution in [0.5, 0.6) is 0 Å². The highest BCUT2D eigenvalue weighted by atomic mass is 16.2. The summed E-state index contributed by atoms with van der Waals surface area (Å²) in [6.07, 6.45) is 2.17. The van der Waals surface area contributed by atoms with Gasteiger partial charge in [-0.3, -0.25) is 9.69 Å². The predicted molar refractivity (Wildman–Crippen MR) is 81.8 cm³/mol. The minimum absolute atomic E-state index is 0.196. The van der Waals surface area contributed by atoms with Crippen LogP contribution in [-0.4, -0.2) is 73.1 Å². The van der Waals surface area contributed by atoms with Gasteiger partial charge in [0.1, 0.15) is 0 Å².